The van der Waals surface area contributed by atoms with Crippen LogP contribution in [-0.2, 0) is 4.74 Å². The standard InChI is InChI=1S/C16H23FN2O3/c1-11-6-7-13(17)12(10-11)14(20)18-8-5-9-19-15(21)22-16(2,3)4/h6-7,10H,5,8-9H2,1-4H3,(H,18,20)(H,19,21). The highest BCUT2D eigenvalue weighted by Crippen LogP contribution is 2.09. The number of halogens is 1. The molecule has 1 rings (SSSR count). The van der Waals surface area contributed by atoms with Gasteiger partial charge in [-0.15, -0.1) is 0 Å². The van der Waals surface area contributed by atoms with E-state index in [4.69, 9.17) is 4.74 Å². The molecule has 0 bridgehead atoms. The number of hydrogen-bond acceptors (Lipinski definition) is 3. The number of aryl methyl sites for hydroxylation is 1. The molecule has 0 atom stereocenters. The topological polar surface area (TPSA) is 67.4 Å². The minimum atomic E-state index is -0.546. The van der Waals surface area contributed by atoms with E-state index in [9.17, 15) is 14.0 Å². The molecule has 2 amide bonds. The SMILES string of the molecule is Cc1ccc(F)c(C(=O)NCCCNC(=O)OC(C)(C)C)c1. The fourth-order valence-corrected chi connectivity index (χ4v) is 1.70. The Balaban J connectivity index is 2.29. The van der Waals surface area contributed by atoms with Crippen LogP contribution in [0.1, 0.15) is 43.1 Å². The lowest BCUT2D eigenvalue weighted by Gasteiger charge is -2.19. The monoisotopic (exact) mass is 310 g/mol. The van der Waals surface area contributed by atoms with Gasteiger partial charge in [0.25, 0.3) is 5.91 Å². The van der Waals surface area contributed by atoms with Crippen molar-refractivity contribution in [3.63, 3.8) is 0 Å². The zero-order valence-electron chi connectivity index (χ0n) is 13.5. The van der Waals surface area contributed by atoms with E-state index >= 15 is 0 Å². The van der Waals surface area contributed by atoms with Crippen molar-refractivity contribution in [3.8, 4) is 0 Å². The molecule has 0 aliphatic carbocycles. The van der Waals surface area contributed by atoms with Gasteiger partial charge in [0.05, 0.1) is 5.56 Å². The molecule has 0 radical (unpaired) electrons. The van der Waals surface area contributed by atoms with Gasteiger partial charge >= 0.3 is 6.09 Å². The first kappa shape index (κ1) is 17.9. The molecule has 1 aromatic carbocycles. The van der Waals surface area contributed by atoms with Crippen LogP contribution in [0.4, 0.5) is 9.18 Å². The highest BCUT2D eigenvalue weighted by molar-refractivity contribution is 5.94. The smallest absolute Gasteiger partial charge is 0.407 e. The molecule has 22 heavy (non-hydrogen) atoms. The Hall–Kier alpha value is -2.11. The van der Waals surface area contributed by atoms with Crippen molar-refractivity contribution < 1.29 is 18.7 Å². The molecule has 122 valence electrons. The van der Waals surface area contributed by atoms with Crippen molar-refractivity contribution in [3.05, 3.63) is 35.1 Å². The summed E-state index contributed by atoms with van der Waals surface area (Å²) in [5.41, 5.74) is 0.305. The first-order valence-electron chi connectivity index (χ1n) is 7.20. The lowest BCUT2D eigenvalue weighted by Crippen LogP contribution is -2.34. The quantitative estimate of drug-likeness (QED) is 0.822. The molecule has 0 aliphatic heterocycles. The zero-order chi connectivity index (χ0) is 16.8. The summed E-state index contributed by atoms with van der Waals surface area (Å²) >= 11 is 0. The molecule has 0 unspecified atom stereocenters. The van der Waals surface area contributed by atoms with Gasteiger partial charge in [0, 0.05) is 13.1 Å². The Morgan fingerprint density at radius 1 is 1.18 bits per heavy atom. The molecule has 6 heteroatoms. The zero-order valence-corrected chi connectivity index (χ0v) is 13.5. The number of amides is 2. The Morgan fingerprint density at radius 2 is 1.82 bits per heavy atom. The highest BCUT2D eigenvalue weighted by atomic mass is 19.1. The normalized spacial score (nSPS) is 11.0. The Bertz CT molecular complexity index is 539. The Kier molecular flexibility index (Phi) is 6.34. The van der Waals surface area contributed by atoms with Crippen LogP contribution in [-0.4, -0.2) is 30.7 Å². The van der Waals surface area contributed by atoms with Crippen molar-refractivity contribution in [2.45, 2.75) is 39.7 Å². The Morgan fingerprint density at radius 3 is 2.45 bits per heavy atom. The van der Waals surface area contributed by atoms with Gasteiger partial charge in [0.2, 0.25) is 0 Å². The average molecular weight is 310 g/mol. The summed E-state index contributed by atoms with van der Waals surface area (Å²) in [4.78, 5) is 23.2. The van der Waals surface area contributed by atoms with E-state index < -0.39 is 23.4 Å². The number of benzene rings is 1. The van der Waals surface area contributed by atoms with Gasteiger partial charge in [0.15, 0.2) is 0 Å². The number of carbonyl (C=O) groups excluding carboxylic acids is 2. The molecule has 0 fully saturated rings. The average Bonchev–Trinajstić information content (AvgIpc) is 2.38. The van der Waals surface area contributed by atoms with Crippen LogP contribution >= 0.6 is 0 Å². The number of carbonyl (C=O) groups is 2. The van der Waals surface area contributed by atoms with Gasteiger partial charge in [-0.2, -0.15) is 0 Å². The summed E-state index contributed by atoms with van der Waals surface area (Å²) in [6.07, 6.45) is 0.0295. The number of hydrogen-bond donors (Lipinski definition) is 2. The maximum atomic E-state index is 13.5. The van der Waals surface area contributed by atoms with Gasteiger partial charge in [-0.3, -0.25) is 4.79 Å². The van der Waals surface area contributed by atoms with Crippen LogP contribution in [0.2, 0.25) is 0 Å². The van der Waals surface area contributed by atoms with Crippen molar-refractivity contribution in [1.29, 1.82) is 0 Å². The van der Waals surface area contributed by atoms with E-state index in [2.05, 4.69) is 10.6 Å². The molecular weight excluding hydrogens is 287 g/mol. The van der Waals surface area contributed by atoms with Crippen molar-refractivity contribution in [1.82, 2.24) is 10.6 Å². The molecule has 2 N–H and O–H groups in total. The number of nitrogens with one attached hydrogen (secondary N) is 2. The third-order valence-corrected chi connectivity index (χ3v) is 2.67. The van der Waals surface area contributed by atoms with Crippen molar-refractivity contribution >= 4 is 12.0 Å². The first-order valence-corrected chi connectivity index (χ1v) is 7.20. The molecule has 5 nitrogen and oxygen atoms in total. The molecule has 0 aliphatic rings. The molecule has 0 saturated carbocycles. The number of rotatable bonds is 5. The van der Waals surface area contributed by atoms with E-state index in [1.807, 2.05) is 0 Å². The molecule has 0 spiro atoms. The van der Waals surface area contributed by atoms with Gasteiger partial charge in [-0.1, -0.05) is 11.6 Å². The van der Waals surface area contributed by atoms with Crippen LogP contribution in [0.25, 0.3) is 0 Å². The molecule has 0 saturated heterocycles. The second kappa shape index (κ2) is 7.77. The second-order valence-electron chi connectivity index (χ2n) is 6.02. The molecule has 1 aromatic rings. The predicted molar refractivity (Wildman–Crippen MR) is 82.3 cm³/mol. The molecule has 0 heterocycles. The predicted octanol–water partition coefficient (Wildman–Crippen LogP) is 2.78. The summed E-state index contributed by atoms with van der Waals surface area (Å²) in [5, 5.41) is 5.20. The van der Waals surface area contributed by atoms with Gasteiger partial charge < -0.3 is 15.4 Å². The largest absolute Gasteiger partial charge is 0.444 e. The summed E-state index contributed by atoms with van der Waals surface area (Å²) < 4.78 is 18.6. The third kappa shape index (κ3) is 6.56. The summed E-state index contributed by atoms with van der Waals surface area (Å²) in [6.45, 7) is 7.84. The van der Waals surface area contributed by atoms with Crippen LogP contribution in [0, 0.1) is 12.7 Å². The highest BCUT2D eigenvalue weighted by Gasteiger charge is 2.15. The van der Waals surface area contributed by atoms with E-state index in [1.165, 1.54) is 12.1 Å². The van der Waals surface area contributed by atoms with E-state index in [0.29, 0.717) is 19.5 Å². The lowest BCUT2D eigenvalue weighted by atomic mass is 10.1. The van der Waals surface area contributed by atoms with E-state index in [1.54, 1.807) is 33.8 Å². The summed E-state index contributed by atoms with van der Waals surface area (Å²) in [6, 6.07) is 4.38. The van der Waals surface area contributed by atoms with Crippen LogP contribution in [0.3, 0.4) is 0 Å². The van der Waals surface area contributed by atoms with Gasteiger partial charge in [0.1, 0.15) is 11.4 Å². The maximum Gasteiger partial charge on any atom is 0.407 e. The first-order chi connectivity index (χ1) is 10.2. The van der Waals surface area contributed by atoms with Crippen molar-refractivity contribution in [2.75, 3.05) is 13.1 Å². The van der Waals surface area contributed by atoms with E-state index in [-0.39, 0.29) is 5.56 Å². The second-order valence-corrected chi connectivity index (χ2v) is 6.02. The summed E-state index contributed by atoms with van der Waals surface area (Å²) in [7, 11) is 0. The fraction of sp³-hybridized carbons (Fsp3) is 0.500. The van der Waals surface area contributed by atoms with Crippen molar-refractivity contribution in [2.24, 2.45) is 0 Å². The third-order valence-electron chi connectivity index (χ3n) is 2.67. The minimum Gasteiger partial charge on any atom is -0.444 e. The Labute approximate surface area is 130 Å². The summed E-state index contributed by atoms with van der Waals surface area (Å²) in [5.74, 6) is -1.01. The molecule has 0 aromatic heterocycles. The van der Waals surface area contributed by atoms with E-state index in [0.717, 1.165) is 5.56 Å². The van der Waals surface area contributed by atoms with Crippen LogP contribution in [0.15, 0.2) is 18.2 Å². The van der Waals surface area contributed by atoms with Gasteiger partial charge in [-0.25, -0.2) is 9.18 Å². The number of alkyl carbamates (subject to hydrolysis) is 1. The maximum absolute atomic E-state index is 13.5. The van der Waals surface area contributed by atoms with Crippen LogP contribution < -0.4 is 10.6 Å². The fourth-order valence-electron chi connectivity index (χ4n) is 1.70. The minimum absolute atomic E-state index is 0.0279. The van der Waals surface area contributed by atoms with Crippen LogP contribution in [0.5, 0.6) is 0 Å². The van der Waals surface area contributed by atoms with Gasteiger partial charge in [-0.05, 0) is 46.2 Å². The lowest BCUT2D eigenvalue weighted by molar-refractivity contribution is 0.0527. The molecular formula is C16H23FN2O3. The number of ether oxygens (including phenoxy) is 1.